The van der Waals surface area contributed by atoms with Crippen LogP contribution in [0, 0.1) is 0 Å². The number of fused-ring (bicyclic) bond motifs is 4. The Kier molecular flexibility index (Phi) is 7.85. The predicted molar refractivity (Wildman–Crippen MR) is 228 cm³/mol. The molecule has 10 aromatic rings. The molecule has 0 aliphatic rings. The zero-order chi connectivity index (χ0) is 35.8. The number of furan rings is 1. The van der Waals surface area contributed by atoms with Gasteiger partial charge >= 0.3 is 0 Å². The maximum atomic E-state index is 6.56. The topological polar surface area (TPSA) is 16.4 Å². The van der Waals surface area contributed by atoms with Crippen molar-refractivity contribution in [3.63, 3.8) is 0 Å². The van der Waals surface area contributed by atoms with E-state index in [4.69, 9.17) is 4.42 Å². The van der Waals surface area contributed by atoms with Gasteiger partial charge in [-0.25, -0.2) is 0 Å². The summed E-state index contributed by atoms with van der Waals surface area (Å²) in [5.41, 5.74) is 14.4. The van der Waals surface area contributed by atoms with Crippen LogP contribution < -0.4 is 4.90 Å². The molecule has 0 aliphatic carbocycles. The first kappa shape index (κ1) is 31.6. The number of benzene rings is 9. The maximum absolute atomic E-state index is 6.56. The van der Waals surface area contributed by atoms with E-state index in [1.807, 2.05) is 6.07 Å². The van der Waals surface area contributed by atoms with Gasteiger partial charge < -0.3 is 9.32 Å². The van der Waals surface area contributed by atoms with Crippen LogP contribution in [0.25, 0.3) is 77.2 Å². The van der Waals surface area contributed by atoms with Crippen molar-refractivity contribution < 1.29 is 4.42 Å². The highest BCUT2D eigenvalue weighted by Crippen LogP contribution is 2.42. The Morgan fingerprint density at radius 2 is 0.759 bits per heavy atom. The average molecular weight is 690 g/mol. The molecule has 0 spiro atoms. The third kappa shape index (κ3) is 5.81. The number of hydrogen-bond donors (Lipinski definition) is 0. The van der Waals surface area contributed by atoms with Crippen LogP contribution in [0.4, 0.5) is 17.1 Å². The van der Waals surface area contributed by atoms with Gasteiger partial charge in [-0.3, -0.25) is 0 Å². The fraction of sp³-hybridized carbons (Fsp3) is 0. The Morgan fingerprint density at radius 3 is 1.35 bits per heavy atom. The van der Waals surface area contributed by atoms with E-state index in [1.54, 1.807) is 0 Å². The quantitative estimate of drug-likeness (QED) is 0.166. The molecule has 1 heterocycles. The Morgan fingerprint density at radius 1 is 0.296 bits per heavy atom. The number of nitrogens with zero attached hydrogens (tertiary/aromatic N) is 1. The van der Waals surface area contributed by atoms with Crippen molar-refractivity contribution in [2.75, 3.05) is 4.90 Å². The first-order valence-electron chi connectivity index (χ1n) is 18.4. The highest BCUT2D eigenvalue weighted by atomic mass is 16.3. The van der Waals surface area contributed by atoms with Gasteiger partial charge in [-0.2, -0.15) is 0 Å². The fourth-order valence-corrected chi connectivity index (χ4v) is 7.68. The van der Waals surface area contributed by atoms with Gasteiger partial charge in [-0.05, 0) is 110 Å². The molecule has 0 amide bonds. The van der Waals surface area contributed by atoms with Crippen molar-refractivity contribution in [3.8, 4) is 44.5 Å². The molecule has 0 N–H and O–H groups in total. The minimum atomic E-state index is 0.897. The van der Waals surface area contributed by atoms with E-state index in [0.717, 1.165) is 61.3 Å². The highest BCUT2D eigenvalue weighted by Gasteiger charge is 2.17. The van der Waals surface area contributed by atoms with E-state index in [-0.39, 0.29) is 0 Å². The van der Waals surface area contributed by atoms with Crippen molar-refractivity contribution in [1.82, 2.24) is 0 Å². The van der Waals surface area contributed by atoms with Crippen molar-refractivity contribution in [3.05, 3.63) is 212 Å². The molecule has 0 atom stereocenters. The first-order valence-corrected chi connectivity index (χ1v) is 18.4. The molecule has 0 aliphatic heterocycles. The summed E-state index contributed by atoms with van der Waals surface area (Å²) in [5, 5.41) is 4.68. The van der Waals surface area contributed by atoms with E-state index in [0.29, 0.717) is 0 Å². The molecule has 254 valence electrons. The van der Waals surface area contributed by atoms with Crippen LogP contribution in [0.15, 0.2) is 217 Å². The smallest absolute Gasteiger partial charge is 0.143 e. The van der Waals surface area contributed by atoms with Crippen LogP contribution in [-0.4, -0.2) is 0 Å². The minimum absolute atomic E-state index is 0.897. The summed E-state index contributed by atoms with van der Waals surface area (Å²) in [6.45, 7) is 0. The highest BCUT2D eigenvalue weighted by molar-refractivity contribution is 6.11. The van der Waals surface area contributed by atoms with Crippen molar-refractivity contribution >= 4 is 49.8 Å². The van der Waals surface area contributed by atoms with Gasteiger partial charge in [0.05, 0.1) is 0 Å². The molecule has 10 rings (SSSR count). The van der Waals surface area contributed by atoms with Crippen LogP contribution in [0.2, 0.25) is 0 Å². The monoisotopic (exact) mass is 689 g/mol. The Balaban J connectivity index is 1.07. The molecule has 2 heteroatoms. The maximum Gasteiger partial charge on any atom is 0.143 e. The van der Waals surface area contributed by atoms with Crippen LogP contribution in [0.3, 0.4) is 0 Å². The zero-order valence-electron chi connectivity index (χ0n) is 29.6. The summed E-state index contributed by atoms with van der Waals surface area (Å²) in [5.74, 6) is 0. The summed E-state index contributed by atoms with van der Waals surface area (Å²) in [4.78, 5) is 2.33. The average Bonchev–Trinajstić information content (AvgIpc) is 3.63. The van der Waals surface area contributed by atoms with E-state index in [2.05, 4.69) is 211 Å². The molecule has 0 unspecified atom stereocenters. The van der Waals surface area contributed by atoms with Crippen molar-refractivity contribution in [2.45, 2.75) is 0 Å². The second kappa shape index (κ2) is 13.4. The van der Waals surface area contributed by atoms with E-state index < -0.39 is 0 Å². The minimum Gasteiger partial charge on any atom is -0.455 e. The van der Waals surface area contributed by atoms with Gasteiger partial charge in [-0.1, -0.05) is 152 Å². The van der Waals surface area contributed by atoms with Crippen LogP contribution in [-0.2, 0) is 0 Å². The second-order valence-corrected chi connectivity index (χ2v) is 13.8. The molecule has 0 saturated heterocycles. The van der Waals surface area contributed by atoms with Gasteiger partial charge in [0.25, 0.3) is 0 Å². The normalized spacial score (nSPS) is 11.3. The molecule has 0 fully saturated rings. The molecule has 0 bridgehead atoms. The number of rotatable bonds is 7. The van der Waals surface area contributed by atoms with E-state index >= 15 is 0 Å². The fourth-order valence-electron chi connectivity index (χ4n) is 7.68. The van der Waals surface area contributed by atoms with Crippen molar-refractivity contribution in [2.24, 2.45) is 0 Å². The molecule has 54 heavy (non-hydrogen) atoms. The third-order valence-electron chi connectivity index (χ3n) is 10.5. The second-order valence-electron chi connectivity index (χ2n) is 13.8. The summed E-state index contributed by atoms with van der Waals surface area (Å²) < 4.78 is 6.56. The summed E-state index contributed by atoms with van der Waals surface area (Å²) >= 11 is 0. The third-order valence-corrected chi connectivity index (χ3v) is 10.5. The Hall–Kier alpha value is -7.16. The molecule has 0 saturated carbocycles. The lowest BCUT2D eigenvalue weighted by atomic mass is 9.94. The van der Waals surface area contributed by atoms with Gasteiger partial charge in [-0.15, -0.1) is 0 Å². The lowest BCUT2D eigenvalue weighted by molar-refractivity contribution is 0.670. The lowest BCUT2D eigenvalue weighted by Crippen LogP contribution is -2.09. The number of hydrogen-bond acceptors (Lipinski definition) is 2. The van der Waals surface area contributed by atoms with E-state index in [9.17, 15) is 0 Å². The largest absolute Gasteiger partial charge is 0.455 e. The SMILES string of the molecule is c1ccc(-c2ccc(N(c3ccc(-c4ccccc4)cc3)c3ccc(-c4cc(-c5ccc6ccccc6c5)c5oc6ccccc6c5c4)cc3)cc2)cc1. The van der Waals surface area contributed by atoms with Crippen LogP contribution in [0.1, 0.15) is 0 Å². The molecule has 9 aromatic carbocycles. The van der Waals surface area contributed by atoms with Crippen LogP contribution >= 0.6 is 0 Å². The molecular weight excluding hydrogens is 655 g/mol. The van der Waals surface area contributed by atoms with Gasteiger partial charge in [0.1, 0.15) is 11.2 Å². The molecule has 0 radical (unpaired) electrons. The van der Waals surface area contributed by atoms with E-state index in [1.165, 1.54) is 33.0 Å². The zero-order valence-corrected chi connectivity index (χ0v) is 29.6. The lowest BCUT2D eigenvalue weighted by Gasteiger charge is -2.26. The van der Waals surface area contributed by atoms with Gasteiger partial charge in [0.2, 0.25) is 0 Å². The Labute approximate surface area is 314 Å². The van der Waals surface area contributed by atoms with Crippen LogP contribution in [0.5, 0.6) is 0 Å². The summed E-state index contributed by atoms with van der Waals surface area (Å²) in [7, 11) is 0. The van der Waals surface area contributed by atoms with Crippen molar-refractivity contribution in [1.29, 1.82) is 0 Å². The van der Waals surface area contributed by atoms with Gasteiger partial charge in [0, 0.05) is 33.4 Å². The summed E-state index contributed by atoms with van der Waals surface area (Å²) in [6, 6.07) is 75.9. The molecule has 1 aromatic heterocycles. The predicted octanol–water partition coefficient (Wildman–Crippen LogP) is 14.9. The standard InChI is InChI=1S/C52H35NO/c1-3-11-36(12-4-1)39-21-27-45(28-22-39)53(46-29-23-40(24-30-46)37-13-5-2-6-14-37)47-31-25-41(26-32-47)44-34-49(43-20-19-38-15-7-8-16-42(38)33-43)52-50(35-44)48-17-9-10-18-51(48)54-52/h1-35H. The number of para-hydroxylation sites is 1. The first-order chi connectivity index (χ1) is 26.7. The molecular formula is C52H35NO. The Bertz CT molecular complexity index is 2810. The number of anilines is 3. The molecule has 2 nitrogen and oxygen atoms in total. The summed E-state index contributed by atoms with van der Waals surface area (Å²) in [6.07, 6.45) is 0. The van der Waals surface area contributed by atoms with Gasteiger partial charge in [0.15, 0.2) is 0 Å².